The first-order valence-corrected chi connectivity index (χ1v) is 7.05. The fraction of sp³-hybridized carbons (Fsp3) is 0.562. The quantitative estimate of drug-likeness (QED) is 0.565. The third-order valence-corrected chi connectivity index (χ3v) is 3.46. The number of hydrogen-bond donors (Lipinski definition) is 0. The first-order chi connectivity index (χ1) is 8.75. The van der Waals surface area contributed by atoms with Crippen molar-refractivity contribution >= 4 is 6.21 Å². The molecule has 2 rings (SSSR count). The van der Waals surface area contributed by atoms with Crippen LogP contribution >= 0.6 is 0 Å². The van der Waals surface area contributed by atoms with Crippen molar-refractivity contribution in [1.82, 2.24) is 0 Å². The molecule has 1 fully saturated rings. The Kier molecular flexibility index (Phi) is 4.80. The summed E-state index contributed by atoms with van der Waals surface area (Å²) < 4.78 is 0. The van der Waals surface area contributed by atoms with Crippen LogP contribution in [0.3, 0.4) is 0 Å². The maximum Gasteiger partial charge on any atom is 0.122 e. The van der Waals surface area contributed by atoms with E-state index in [0.717, 1.165) is 11.5 Å². The summed E-state index contributed by atoms with van der Waals surface area (Å²) in [5, 5.41) is 4.00. The van der Waals surface area contributed by atoms with Gasteiger partial charge in [0.1, 0.15) is 6.10 Å². The molecule has 2 heteroatoms. The summed E-state index contributed by atoms with van der Waals surface area (Å²) in [5.74, 6) is 0.748. The molecule has 1 aliphatic rings. The highest BCUT2D eigenvalue weighted by Gasteiger charge is 2.15. The Hall–Kier alpha value is -1.31. The summed E-state index contributed by atoms with van der Waals surface area (Å²) in [7, 11) is 0. The molecular weight excluding hydrogens is 222 g/mol. The lowest BCUT2D eigenvalue weighted by Gasteiger charge is -2.22. The summed E-state index contributed by atoms with van der Waals surface area (Å²) in [5.41, 5.74) is 2.60. The standard InChI is InChI=1S/C16H23NO/c1-13(2)18-17-12-14-7-6-10-16(11-14)15-8-4-3-5-9-15/h6-7,10-13,15H,3-5,8-9H2,1-2H3. The molecule has 0 radical (unpaired) electrons. The van der Waals surface area contributed by atoms with Gasteiger partial charge in [0.2, 0.25) is 0 Å². The lowest BCUT2D eigenvalue weighted by atomic mass is 9.84. The van der Waals surface area contributed by atoms with Crippen molar-refractivity contribution in [3.05, 3.63) is 35.4 Å². The summed E-state index contributed by atoms with van der Waals surface area (Å²) in [6.45, 7) is 3.96. The van der Waals surface area contributed by atoms with Gasteiger partial charge < -0.3 is 4.84 Å². The average Bonchev–Trinajstić information content (AvgIpc) is 2.40. The van der Waals surface area contributed by atoms with Gasteiger partial charge in [0.05, 0.1) is 6.21 Å². The highest BCUT2D eigenvalue weighted by Crippen LogP contribution is 2.32. The van der Waals surface area contributed by atoms with Crippen LogP contribution in [-0.4, -0.2) is 12.3 Å². The van der Waals surface area contributed by atoms with Crippen LogP contribution < -0.4 is 0 Å². The number of oxime groups is 1. The summed E-state index contributed by atoms with van der Waals surface area (Å²) >= 11 is 0. The van der Waals surface area contributed by atoms with Crippen LogP contribution in [0.1, 0.15) is 63.0 Å². The predicted octanol–water partition coefficient (Wildman–Crippen LogP) is 4.49. The second-order valence-electron chi connectivity index (χ2n) is 5.39. The minimum absolute atomic E-state index is 0.141. The summed E-state index contributed by atoms with van der Waals surface area (Å²) in [4.78, 5) is 5.20. The first-order valence-electron chi connectivity index (χ1n) is 7.05. The number of benzene rings is 1. The fourth-order valence-electron chi connectivity index (χ4n) is 2.54. The zero-order chi connectivity index (χ0) is 12.8. The molecule has 0 N–H and O–H groups in total. The predicted molar refractivity (Wildman–Crippen MR) is 76.1 cm³/mol. The van der Waals surface area contributed by atoms with Gasteiger partial charge in [-0.1, -0.05) is 42.6 Å². The molecule has 0 saturated heterocycles. The van der Waals surface area contributed by atoms with E-state index in [2.05, 4.69) is 29.4 Å². The molecule has 98 valence electrons. The van der Waals surface area contributed by atoms with Crippen LogP contribution in [0, 0.1) is 0 Å². The molecular formula is C16H23NO. The Morgan fingerprint density at radius 3 is 2.72 bits per heavy atom. The topological polar surface area (TPSA) is 21.6 Å². The van der Waals surface area contributed by atoms with Gasteiger partial charge in [0, 0.05) is 0 Å². The Morgan fingerprint density at radius 1 is 1.22 bits per heavy atom. The molecule has 1 aromatic rings. The average molecular weight is 245 g/mol. The fourth-order valence-corrected chi connectivity index (χ4v) is 2.54. The van der Waals surface area contributed by atoms with E-state index in [1.165, 1.54) is 37.7 Å². The highest BCUT2D eigenvalue weighted by atomic mass is 16.6. The Morgan fingerprint density at radius 2 is 2.00 bits per heavy atom. The molecule has 0 aromatic heterocycles. The molecule has 1 aromatic carbocycles. The van der Waals surface area contributed by atoms with Gasteiger partial charge in [-0.2, -0.15) is 0 Å². The van der Waals surface area contributed by atoms with Crippen LogP contribution in [-0.2, 0) is 4.84 Å². The van der Waals surface area contributed by atoms with E-state index < -0.39 is 0 Å². The smallest absolute Gasteiger partial charge is 0.122 e. The van der Waals surface area contributed by atoms with E-state index in [9.17, 15) is 0 Å². The molecule has 0 spiro atoms. The Labute approximate surface area is 110 Å². The molecule has 1 saturated carbocycles. The maximum atomic E-state index is 5.20. The van der Waals surface area contributed by atoms with Crippen LogP contribution in [0.2, 0.25) is 0 Å². The first kappa shape index (κ1) is 13.1. The van der Waals surface area contributed by atoms with Crippen LogP contribution in [0.4, 0.5) is 0 Å². The van der Waals surface area contributed by atoms with Gasteiger partial charge in [-0.05, 0) is 49.8 Å². The number of hydrogen-bond acceptors (Lipinski definition) is 2. The van der Waals surface area contributed by atoms with E-state index in [-0.39, 0.29) is 6.10 Å². The lowest BCUT2D eigenvalue weighted by molar-refractivity contribution is 0.0874. The second kappa shape index (κ2) is 6.58. The Balaban J connectivity index is 2.02. The molecule has 0 aliphatic heterocycles. The maximum absolute atomic E-state index is 5.20. The molecule has 0 atom stereocenters. The SMILES string of the molecule is CC(C)ON=Cc1cccc(C2CCCCC2)c1. The molecule has 0 unspecified atom stereocenters. The van der Waals surface area contributed by atoms with Crippen LogP contribution in [0.15, 0.2) is 29.4 Å². The molecule has 2 nitrogen and oxygen atoms in total. The van der Waals surface area contributed by atoms with E-state index >= 15 is 0 Å². The van der Waals surface area contributed by atoms with Gasteiger partial charge in [-0.25, -0.2) is 0 Å². The Bertz CT molecular complexity index is 392. The van der Waals surface area contributed by atoms with Gasteiger partial charge in [0.15, 0.2) is 0 Å². The van der Waals surface area contributed by atoms with Crippen molar-refractivity contribution in [3.63, 3.8) is 0 Å². The minimum Gasteiger partial charge on any atom is -0.393 e. The van der Waals surface area contributed by atoms with Gasteiger partial charge in [-0.3, -0.25) is 0 Å². The molecule has 1 aliphatic carbocycles. The monoisotopic (exact) mass is 245 g/mol. The van der Waals surface area contributed by atoms with Crippen LogP contribution in [0.5, 0.6) is 0 Å². The largest absolute Gasteiger partial charge is 0.393 e. The van der Waals surface area contributed by atoms with Gasteiger partial charge >= 0.3 is 0 Å². The third kappa shape index (κ3) is 3.86. The molecule has 18 heavy (non-hydrogen) atoms. The minimum atomic E-state index is 0.141. The van der Waals surface area contributed by atoms with Gasteiger partial charge in [-0.15, -0.1) is 0 Å². The van der Waals surface area contributed by atoms with Crippen molar-refractivity contribution in [2.75, 3.05) is 0 Å². The van der Waals surface area contributed by atoms with Crippen molar-refractivity contribution in [3.8, 4) is 0 Å². The molecule has 0 heterocycles. The second-order valence-corrected chi connectivity index (χ2v) is 5.39. The molecule has 0 amide bonds. The van der Waals surface area contributed by atoms with E-state index in [4.69, 9.17) is 4.84 Å². The third-order valence-electron chi connectivity index (χ3n) is 3.46. The van der Waals surface area contributed by atoms with E-state index in [0.29, 0.717) is 0 Å². The lowest BCUT2D eigenvalue weighted by Crippen LogP contribution is -2.04. The zero-order valence-corrected chi connectivity index (χ0v) is 11.4. The zero-order valence-electron chi connectivity index (χ0n) is 11.4. The summed E-state index contributed by atoms with van der Waals surface area (Å²) in [6.07, 6.45) is 8.78. The summed E-state index contributed by atoms with van der Waals surface area (Å²) in [6, 6.07) is 8.71. The van der Waals surface area contributed by atoms with Gasteiger partial charge in [0.25, 0.3) is 0 Å². The normalized spacial score (nSPS) is 17.5. The van der Waals surface area contributed by atoms with Crippen molar-refractivity contribution in [1.29, 1.82) is 0 Å². The van der Waals surface area contributed by atoms with Crippen molar-refractivity contribution in [2.24, 2.45) is 5.16 Å². The number of rotatable bonds is 4. The van der Waals surface area contributed by atoms with E-state index in [1.807, 2.05) is 20.1 Å². The van der Waals surface area contributed by atoms with E-state index in [1.54, 1.807) is 0 Å². The molecule has 0 bridgehead atoms. The highest BCUT2D eigenvalue weighted by molar-refractivity contribution is 5.79. The van der Waals surface area contributed by atoms with Crippen molar-refractivity contribution in [2.45, 2.75) is 58.0 Å². The number of nitrogens with zero attached hydrogens (tertiary/aromatic N) is 1. The van der Waals surface area contributed by atoms with Crippen LogP contribution in [0.25, 0.3) is 0 Å². The van der Waals surface area contributed by atoms with Crippen molar-refractivity contribution < 1.29 is 4.84 Å².